The van der Waals surface area contributed by atoms with Crippen molar-refractivity contribution < 1.29 is 4.39 Å². The van der Waals surface area contributed by atoms with Gasteiger partial charge in [0.05, 0.1) is 11.6 Å². The predicted molar refractivity (Wildman–Crippen MR) is 46.5 cm³/mol. The highest BCUT2D eigenvalue weighted by molar-refractivity contribution is 5.44. The molecule has 0 saturated carbocycles. The molecular formula is C10H9FN2. The molecule has 0 saturated heterocycles. The van der Waals surface area contributed by atoms with Gasteiger partial charge in [0, 0.05) is 6.54 Å². The first-order chi connectivity index (χ1) is 6.33. The van der Waals surface area contributed by atoms with Crippen LogP contribution in [0.25, 0.3) is 0 Å². The van der Waals surface area contributed by atoms with Crippen LogP contribution < -0.4 is 5.32 Å². The molecule has 66 valence electrons. The zero-order valence-corrected chi connectivity index (χ0v) is 7.10. The second kappa shape index (κ2) is 3.15. The minimum Gasteiger partial charge on any atom is -0.312 e. The highest BCUT2D eigenvalue weighted by atomic mass is 19.1. The highest BCUT2D eigenvalue weighted by Crippen LogP contribution is 2.20. The van der Waals surface area contributed by atoms with Gasteiger partial charge in [0.15, 0.2) is 0 Å². The molecule has 0 aliphatic carbocycles. The van der Waals surface area contributed by atoms with Crippen LogP contribution in [0.1, 0.15) is 16.7 Å². The molecule has 1 heterocycles. The molecule has 0 spiro atoms. The number of hydrogen-bond acceptors (Lipinski definition) is 2. The Morgan fingerprint density at radius 3 is 3.00 bits per heavy atom. The van der Waals surface area contributed by atoms with Crippen molar-refractivity contribution in [2.75, 3.05) is 6.54 Å². The Bertz CT molecular complexity index is 379. The number of benzene rings is 1. The van der Waals surface area contributed by atoms with Crippen LogP contribution in [0.15, 0.2) is 12.1 Å². The fraction of sp³-hybridized carbons (Fsp3) is 0.300. The minimum atomic E-state index is -0.185. The highest BCUT2D eigenvalue weighted by Gasteiger charge is 2.16. The second-order valence-electron chi connectivity index (χ2n) is 3.09. The van der Waals surface area contributed by atoms with Crippen molar-refractivity contribution in [2.45, 2.75) is 13.0 Å². The monoisotopic (exact) mass is 176 g/mol. The lowest BCUT2D eigenvalue weighted by Gasteiger charge is -2.18. The quantitative estimate of drug-likeness (QED) is 0.647. The summed E-state index contributed by atoms with van der Waals surface area (Å²) in [5, 5.41) is 11.9. The Kier molecular flexibility index (Phi) is 1.99. The van der Waals surface area contributed by atoms with Crippen LogP contribution >= 0.6 is 0 Å². The summed E-state index contributed by atoms with van der Waals surface area (Å²) in [6, 6.07) is 5.00. The van der Waals surface area contributed by atoms with Crippen LogP contribution in [0.3, 0.4) is 0 Å². The first kappa shape index (κ1) is 8.21. The van der Waals surface area contributed by atoms with Crippen molar-refractivity contribution in [1.82, 2.24) is 5.32 Å². The number of halogens is 1. The maximum Gasteiger partial charge on any atom is 0.126 e. The molecule has 1 aromatic rings. The maximum atomic E-state index is 13.3. The van der Waals surface area contributed by atoms with Gasteiger partial charge in [0.1, 0.15) is 5.82 Å². The molecule has 2 rings (SSSR count). The Labute approximate surface area is 76.0 Å². The van der Waals surface area contributed by atoms with E-state index in [2.05, 4.69) is 11.4 Å². The topological polar surface area (TPSA) is 35.8 Å². The Hall–Kier alpha value is -1.40. The van der Waals surface area contributed by atoms with Crippen molar-refractivity contribution in [1.29, 1.82) is 5.26 Å². The third-order valence-corrected chi connectivity index (χ3v) is 2.35. The number of nitrogens with one attached hydrogen (secondary N) is 1. The molecule has 0 bridgehead atoms. The smallest absolute Gasteiger partial charge is 0.126 e. The molecule has 0 amide bonds. The summed E-state index contributed by atoms with van der Waals surface area (Å²) in [7, 11) is 0. The van der Waals surface area contributed by atoms with Gasteiger partial charge in [-0.25, -0.2) is 4.39 Å². The first-order valence-electron chi connectivity index (χ1n) is 4.24. The summed E-state index contributed by atoms with van der Waals surface area (Å²) < 4.78 is 13.3. The van der Waals surface area contributed by atoms with Gasteiger partial charge in [0.25, 0.3) is 0 Å². The summed E-state index contributed by atoms with van der Waals surface area (Å²) >= 11 is 0. The van der Waals surface area contributed by atoms with Crippen LogP contribution in [0, 0.1) is 17.1 Å². The molecule has 0 atom stereocenters. The number of nitriles is 1. The summed E-state index contributed by atoms with van der Waals surface area (Å²) in [6.45, 7) is 1.40. The molecule has 0 radical (unpaired) electrons. The summed E-state index contributed by atoms with van der Waals surface area (Å²) in [4.78, 5) is 0. The van der Waals surface area contributed by atoms with E-state index in [1.54, 1.807) is 6.07 Å². The van der Waals surface area contributed by atoms with Gasteiger partial charge in [-0.05, 0) is 36.2 Å². The molecule has 3 heteroatoms. The number of fused-ring (bicyclic) bond motifs is 1. The molecular weight excluding hydrogens is 167 g/mol. The van der Waals surface area contributed by atoms with E-state index in [1.165, 1.54) is 6.07 Å². The van der Waals surface area contributed by atoms with E-state index in [-0.39, 0.29) is 5.82 Å². The lowest BCUT2D eigenvalue weighted by Crippen LogP contribution is -2.25. The molecule has 0 unspecified atom stereocenters. The summed E-state index contributed by atoms with van der Waals surface area (Å²) in [5.41, 5.74) is 2.12. The van der Waals surface area contributed by atoms with Crippen LogP contribution in [0.2, 0.25) is 0 Å². The summed E-state index contributed by atoms with van der Waals surface area (Å²) in [6.07, 6.45) is 0.677. The zero-order valence-electron chi connectivity index (χ0n) is 7.10. The van der Waals surface area contributed by atoms with Crippen LogP contribution in [0.5, 0.6) is 0 Å². The molecule has 1 aliphatic heterocycles. The molecule has 1 aromatic carbocycles. The fourth-order valence-electron chi connectivity index (χ4n) is 1.67. The van der Waals surface area contributed by atoms with Gasteiger partial charge >= 0.3 is 0 Å². The lowest BCUT2D eigenvalue weighted by atomic mass is 9.96. The van der Waals surface area contributed by atoms with Gasteiger partial charge in [-0.2, -0.15) is 5.26 Å². The van der Waals surface area contributed by atoms with Gasteiger partial charge < -0.3 is 5.32 Å². The molecule has 0 aromatic heterocycles. The lowest BCUT2D eigenvalue weighted by molar-refractivity contribution is 0.568. The van der Waals surface area contributed by atoms with Crippen molar-refractivity contribution in [2.24, 2.45) is 0 Å². The van der Waals surface area contributed by atoms with E-state index in [4.69, 9.17) is 5.26 Å². The van der Waals surface area contributed by atoms with Gasteiger partial charge in [-0.15, -0.1) is 0 Å². The van der Waals surface area contributed by atoms with E-state index in [0.717, 1.165) is 12.1 Å². The number of nitrogens with zero attached hydrogens (tertiary/aromatic N) is 1. The largest absolute Gasteiger partial charge is 0.312 e. The van der Waals surface area contributed by atoms with Gasteiger partial charge in [-0.1, -0.05) is 0 Å². The standard InChI is InChI=1S/C10H9FN2/c11-10-2-1-7(5-12)9-6-13-4-3-8(9)10/h1-2,13H,3-4,6H2. The minimum absolute atomic E-state index is 0.185. The Morgan fingerprint density at radius 2 is 2.23 bits per heavy atom. The Morgan fingerprint density at radius 1 is 1.38 bits per heavy atom. The van der Waals surface area contributed by atoms with Crippen LogP contribution in [-0.2, 0) is 13.0 Å². The molecule has 1 aliphatic rings. The van der Waals surface area contributed by atoms with E-state index >= 15 is 0 Å². The SMILES string of the molecule is N#Cc1ccc(F)c2c1CNCC2. The summed E-state index contributed by atoms with van der Waals surface area (Å²) in [5.74, 6) is -0.185. The normalized spacial score (nSPS) is 14.8. The fourth-order valence-corrected chi connectivity index (χ4v) is 1.67. The van der Waals surface area contributed by atoms with E-state index < -0.39 is 0 Å². The third kappa shape index (κ3) is 1.30. The van der Waals surface area contributed by atoms with E-state index in [9.17, 15) is 4.39 Å². The number of rotatable bonds is 0. The van der Waals surface area contributed by atoms with Crippen molar-refractivity contribution in [3.63, 3.8) is 0 Å². The maximum absolute atomic E-state index is 13.3. The average molecular weight is 176 g/mol. The second-order valence-corrected chi connectivity index (χ2v) is 3.09. The molecule has 2 nitrogen and oxygen atoms in total. The van der Waals surface area contributed by atoms with Crippen molar-refractivity contribution in [3.8, 4) is 6.07 Å². The van der Waals surface area contributed by atoms with Crippen molar-refractivity contribution >= 4 is 0 Å². The molecule has 0 fully saturated rings. The number of hydrogen-bond donors (Lipinski definition) is 1. The van der Waals surface area contributed by atoms with Gasteiger partial charge in [0.2, 0.25) is 0 Å². The molecule has 1 N–H and O–H groups in total. The van der Waals surface area contributed by atoms with Crippen LogP contribution in [-0.4, -0.2) is 6.54 Å². The van der Waals surface area contributed by atoms with E-state index in [1.807, 2.05) is 0 Å². The van der Waals surface area contributed by atoms with Gasteiger partial charge in [-0.3, -0.25) is 0 Å². The van der Waals surface area contributed by atoms with Crippen molar-refractivity contribution in [3.05, 3.63) is 34.6 Å². The Balaban J connectivity index is 2.61. The predicted octanol–water partition coefficient (Wildman–Crippen LogP) is 1.34. The first-order valence-corrected chi connectivity index (χ1v) is 4.24. The van der Waals surface area contributed by atoms with E-state index in [0.29, 0.717) is 24.1 Å². The third-order valence-electron chi connectivity index (χ3n) is 2.35. The zero-order chi connectivity index (χ0) is 9.26. The van der Waals surface area contributed by atoms with Crippen LogP contribution in [0.4, 0.5) is 4.39 Å². The molecule has 13 heavy (non-hydrogen) atoms. The average Bonchev–Trinajstić information content (AvgIpc) is 2.19.